The summed E-state index contributed by atoms with van der Waals surface area (Å²) in [5, 5.41) is 7.36. The number of halogens is 3. The van der Waals surface area contributed by atoms with Crippen molar-refractivity contribution in [3.8, 4) is 0 Å². The average Bonchev–Trinajstić information content (AvgIpc) is 3.09. The van der Waals surface area contributed by atoms with E-state index in [1.165, 1.54) is 18.5 Å². The monoisotopic (exact) mass is 342 g/mol. The van der Waals surface area contributed by atoms with Gasteiger partial charge < -0.3 is 5.32 Å². The third kappa shape index (κ3) is 2.88. The van der Waals surface area contributed by atoms with Gasteiger partial charge in [-0.1, -0.05) is 42.5 Å². The molecule has 0 amide bonds. The second-order valence-electron chi connectivity index (χ2n) is 5.66. The van der Waals surface area contributed by atoms with Crippen molar-refractivity contribution in [2.45, 2.75) is 12.2 Å². The Morgan fingerprint density at radius 2 is 1.68 bits per heavy atom. The molecule has 1 aliphatic heterocycles. The molecular weight excluding hydrogens is 329 g/mol. The molecule has 0 spiro atoms. The normalized spacial score (nSPS) is 16.8. The molecule has 2 heterocycles. The van der Waals surface area contributed by atoms with Crippen LogP contribution >= 0.6 is 0 Å². The minimum absolute atomic E-state index is 0.183. The molecule has 0 saturated carbocycles. The van der Waals surface area contributed by atoms with E-state index in [9.17, 15) is 13.2 Å². The van der Waals surface area contributed by atoms with Crippen molar-refractivity contribution in [2.75, 3.05) is 5.32 Å². The molecule has 0 saturated heterocycles. The van der Waals surface area contributed by atoms with Crippen LogP contribution in [0.25, 0.3) is 5.70 Å². The SMILES string of the molecule is FC(F)(F)c1ccc(C2=CC(c3ccccc3)n3ncnc3N2)cc1. The number of hydrogen-bond acceptors (Lipinski definition) is 3. The molecule has 126 valence electrons. The highest BCUT2D eigenvalue weighted by molar-refractivity contribution is 5.77. The molecule has 7 heteroatoms. The lowest BCUT2D eigenvalue weighted by Gasteiger charge is -2.24. The van der Waals surface area contributed by atoms with Crippen molar-refractivity contribution in [2.24, 2.45) is 0 Å². The highest BCUT2D eigenvalue weighted by Gasteiger charge is 2.30. The van der Waals surface area contributed by atoms with Crippen LogP contribution in [-0.4, -0.2) is 14.8 Å². The van der Waals surface area contributed by atoms with Crippen LogP contribution in [0.4, 0.5) is 19.1 Å². The number of fused-ring (bicyclic) bond motifs is 1. The van der Waals surface area contributed by atoms with Gasteiger partial charge in [0.15, 0.2) is 0 Å². The van der Waals surface area contributed by atoms with Gasteiger partial charge >= 0.3 is 6.18 Å². The zero-order valence-corrected chi connectivity index (χ0v) is 12.9. The van der Waals surface area contributed by atoms with E-state index < -0.39 is 11.7 Å². The topological polar surface area (TPSA) is 42.7 Å². The van der Waals surface area contributed by atoms with E-state index in [1.807, 2.05) is 36.4 Å². The standard InChI is InChI=1S/C18H13F3N4/c19-18(20,21)14-8-6-12(7-9-14)15-10-16(13-4-2-1-3-5-13)25-17(24-15)22-11-23-25/h1-11,16H,(H,22,23,24). The van der Waals surface area contributed by atoms with Crippen LogP contribution in [0.5, 0.6) is 0 Å². The number of hydrogen-bond donors (Lipinski definition) is 1. The maximum atomic E-state index is 12.7. The Hall–Kier alpha value is -3.09. The lowest BCUT2D eigenvalue weighted by Crippen LogP contribution is -2.20. The van der Waals surface area contributed by atoms with E-state index in [0.29, 0.717) is 17.2 Å². The fourth-order valence-corrected chi connectivity index (χ4v) is 2.83. The van der Waals surface area contributed by atoms with Crippen LogP contribution in [0.15, 0.2) is 67.0 Å². The first-order valence-electron chi connectivity index (χ1n) is 7.63. The van der Waals surface area contributed by atoms with Gasteiger partial charge in [-0.15, -0.1) is 0 Å². The summed E-state index contributed by atoms with van der Waals surface area (Å²) in [6, 6.07) is 14.6. The number of benzene rings is 2. The van der Waals surface area contributed by atoms with E-state index in [-0.39, 0.29) is 6.04 Å². The van der Waals surface area contributed by atoms with Gasteiger partial charge in [0.1, 0.15) is 12.4 Å². The van der Waals surface area contributed by atoms with E-state index in [0.717, 1.165) is 17.7 Å². The minimum atomic E-state index is -4.35. The predicted octanol–water partition coefficient (Wildman–Crippen LogP) is 4.35. The van der Waals surface area contributed by atoms with Gasteiger partial charge in [-0.2, -0.15) is 23.3 Å². The van der Waals surface area contributed by atoms with Crippen LogP contribution in [-0.2, 0) is 6.18 Å². The highest BCUT2D eigenvalue weighted by Crippen LogP contribution is 2.34. The maximum absolute atomic E-state index is 12.7. The second-order valence-corrected chi connectivity index (χ2v) is 5.66. The lowest BCUT2D eigenvalue weighted by molar-refractivity contribution is -0.137. The molecule has 1 aliphatic rings. The molecule has 1 N–H and O–H groups in total. The average molecular weight is 342 g/mol. The largest absolute Gasteiger partial charge is 0.416 e. The third-order valence-corrected chi connectivity index (χ3v) is 4.07. The molecule has 1 atom stereocenters. The quantitative estimate of drug-likeness (QED) is 0.753. The first-order chi connectivity index (χ1) is 12.0. The Morgan fingerprint density at radius 1 is 0.960 bits per heavy atom. The Bertz CT molecular complexity index is 911. The Kier molecular flexibility index (Phi) is 3.56. The molecule has 25 heavy (non-hydrogen) atoms. The molecule has 2 aromatic carbocycles. The first-order valence-corrected chi connectivity index (χ1v) is 7.63. The number of allylic oxidation sites excluding steroid dienone is 1. The van der Waals surface area contributed by atoms with Crippen molar-refractivity contribution < 1.29 is 13.2 Å². The number of nitrogens with zero attached hydrogens (tertiary/aromatic N) is 3. The van der Waals surface area contributed by atoms with Crippen molar-refractivity contribution in [1.82, 2.24) is 14.8 Å². The summed E-state index contributed by atoms with van der Waals surface area (Å²) in [5.41, 5.74) is 1.70. The third-order valence-electron chi connectivity index (χ3n) is 4.07. The Balaban J connectivity index is 1.74. The zero-order valence-electron chi connectivity index (χ0n) is 12.9. The number of nitrogens with one attached hydrogen (secondary N) is 1. The molecule has 4 rings (SSSR count). The van der Waals surface area contributed by atoms with Crippen molar-refractivity contribution >= 4 is 11.6 Å². The second kappa shape index (κ2) is 5.77. The molecule has 4 nitrogen and oxygen atoms in total. The Morgan fingerprint density at radius 3 is 2.36 bits per heavy atom. The summed E-state index contributed by atoms with van der Waals surface area (Å²) >= 11 is 0. The van der Waals surface area contributed by atoms with Gasteiger partial charge in [0.05, 0.1) is 5.56 Å². The number of anilines is 1. The first kappa shape index (κ1) is 15.4. The van der Waals surface area contributed by atoms with E-state index in [1.54, 1.807) is 4.68 Å². The molecule has 1 aromatic heterocycles. The van der Waals surface area contributed by atoms with Crippen LogP contribution in [0.1, 0.15) is 22.7 Å². The van der Waals surface area contributed by atoms with Gasteiger partial charge in [-0.3, -0.25) is 0 Å². The summed E-state index contributed by atoms with van der Waals surface area (Å²) in [7, 11) is 0. The minimum Gasteiger partial charge on any atom is -0.324 e. The highest BCUT2D eigenvalue weighted by atomic mass is 19.4. The molecule has 3 aromatic rings. The van der Waals surface area contributed by atoms with Gasteiger partial charge in [0, 0.05) is 5.70 Å². The van der Waals surface area contributed by atoms with Gasteiger partial charge in [-0.05, 0) is 29.3 Å². The van der Waals surface area contributed by atoms with Crippen molar-refractivity contribution in [1.29, 1.82) is 0 Å². The van der Waals surface area contributed by atoms with E-state index >= 15 is 0 Å². The van der Waals surface area contributed by atoms with Crippen molar-refractivity contribution in [3.05, 3.63) is 83.7 Å². The summed E-state index contributed by atoms with van der Waals surface area (Å²) in [6.45, 7) is 0. The Labute approximate surface area is 141 Å². The van der Waals surface area contributed by atoms with E-state index in [2.05, 4.69) is 15.4 Å². The maximum Gasteiger partial charge on any atom is 0.416 e. The smallest absolute Gasteiger partial charge is 0.324 e. The summed E-state index contributed by atoms with van der Waals surface area (Å²) < 4.78 is 40.0. The molecule has 0 fully saturated rings. The van der Waals surface area contributed by atoms with Crippen LogP contribution in [0.2, 0.25) is 0 Å². The summed E-state index contributed by atoms with van der Waals surface area (Å²) in [5.74, 6) is 0.547. The van der Waals surface area contributed by atoms with Crippen LogP contribution in [0, 0.1) is 0 Å². The van der Waals surface area contributed by atoms with Gasteiger partial charge in [0.25, 0.3) is 0 Å². The number of alkyl halides is 3. The molecule has 0 bridgehead atoms. The fraction of sp³-hybridized carbons (Fsp3) is 0.111. The molecule has 1 unspecified atom stereocenters. The molecular formula is C18H13F3N4. The van der Waals surface area contributed by atoms with Crippen LogP contribution in [0.3, 0.4) is 0 Å². The summed E-state index contributed by atoms with van der Waals surface area (Å²) in [6.07, 6.45) is -0.971. The fourth-order valence-electron chi connectivity index (χ4n) is 2.83. The summed E-state index contributed by atoms with van der Waals surface area (Å²) in [4.78, 5) is 4.18. The van der Waals surface area contributed by atoms with Gasteiger partial charge in [0.2, 0.25) is 5.95 Å². The van der Waals surface area contributed by atoms with E-state index in [4.69, 9.17) is 0 Å². The van der Waals surface area contributed by atoms with Gasteiger partial charge in [-0.25, -0.2) is 4.68 Å². The number of aromatic nitrogens is 3. The number of rotatable bonds is 2. The molecule has 0 aliphatic carbocycles. The molecule has 0 radical (unpaired) electrons. The van der Waals surface area contributed by atoms with Crippen LogP contribution < -0.4 is 5.32 Å². The van der Waals surface area contributed by atoms with Crippen molar-refractivity contribution in [3.63, 3.8) is 0 Å². The predicted molar refractivity (Wildman–Crippen MR) is 87.6 cm³/mol. The zero-order chi connectivity index (χ0) is 17.4. The lowest BCUT2D eigenvalue weighted by atomic mass is 10.0.